The van der Waals surface area contributed by atoms with Crippen molar-refractivity contribution in [1.82, 2.24) is 5.32 Å². The SMILES string of the molecule is CNC(=O)Nc1ccc(Oc2ccccc2)c(OC2CCCC2)c1. The van der Waals surface area contributed by atoms with Crippen LogP contribution >= 0.6 is 0 Å². The summed E-state index contributed by atoms with van der Waals surface area (Å²) in [4.78, 5) is 11.5. The van der Waals surface area contributed by atoms with E-state index in [0.29, 0.717) is 17.2 Å². The second kappa shape index (κ2) is 7.73. The Morgan fingerprint density at radius 1 is 1.04 bits per heavy atom. The Hall–Kier alpha value is -2.69. The first-order valence-corrected chi connectivity index (χ1v) is 8.27. The van der Waals surface area contributed by atoms with Gasteiger partial charge in [0.15, 0.2) is 11.5 Å². The van der Waals surface area contributed by atoms with Crippen molar-refractivity contribution in [3.05, 3.63) is 48.5 Å². The van der Waals surface area contributed by atoms with Crippen LogP contribution in [-0.4, -0.2) is 19.2 Å². The van der Waals surface area contributed by atoms with E-state index in [4.69, 9.17) is 9.47 Å². The van der Waals surface area contributed by atoms with Crippen molar-refractivity contribution in [3.63, 3.8) is 0 Å². The number of carbonyl (C=O) groups excluding carboxylic acids is 1. The molecule has 1 saturated carbocycles. The summed E-state index contributed by atoms with van der Waals surface area (Å²) in [5.74, 6) is 2.05. The van der Waals surface area contributed by atoms with Crippen molar-refractivity contribution in [1.29, 1.82) is 0 Å². The lowest BCUT2D eigenvalue weighted by molar-refractivity contribution is 0.203. The number of carbonyl (C=O) groups is 1. The average molecular weight is 326 g/mol. The molecule has 2 N–H and O–H groups in total. The number of hydrogen-bond donors (Lipinski definition) is 2. The smallest absolute Gasteiger partial charge is 0.318 e. The van der Waals surface area contributed by atoms with Gasteiger partial charge < -0.3 is 20.1 Å². The third-order valence-electron chi connectivity index (χ3n) is 4.00. The minimum atomic E-state index is -0.265. The number of amides is 2. The Morgan fingerprint density at radius 2 is 1.79 bits per heavy atom. The minimum Gasteiger partial charge on any atom is -0.486 e. The van der Waals surface area contributed by atoms with E-state index in [-0.39, 0.29) is 12.1 Å². The zero-order chi connectivity index (χ0) is 16.8. The number of nitrogens with one attached hydrogen (secondary N) is 2. The maximum absolute atomic E-state index is 11.5. The molecule has 5 heteroatoms. The molecule has 2 aromatic carbocycles. The van der Waals surface area contributed by atoms with Gasteiger partial charge in [-0.2, -0.15) is 0 Å². The molecule has 5 nitrogen and oxygen atoms in total. The number of rotatable bonds is 5. The third kappa shape index (κ3) is 4.19. The van der Waals surface area contributed by atoms with E-state index >= 15 is 0 Å². The predicted octanol–water partition coefficient (Wildman–Crippen LogP) is 4.55. The Morgan fingerprint density at radius 3 is 2.50 bits per heavy atom. The van der Waals surface area contributed by atoms with Crippen molar-refractivity contribution in [2.45, 2.75) is 31.8 Å². The van der Waals surface area contributed by atoms with Gasteiger partial charge in [-0.15, -0.1) is 0 Å². The van der Waals surface area contributed by atoms with Crippen molar-refractivity contribution in [2.24, 2.45) is 0 Å². The molecule has 2 amide bonds. The molecular weight excluding hydrogens is 304 g/mol. The van der Waals surface area contributed by atoms with Gasteiger partial charge in [-0.1, -0.05) is 18.2 Å². The molecule has 0 aromatic heterocycles. The fourth-order valence-electron chi connectivity index (χ4n) is 2.76. The van der Waals surface area contributed by atoms with Crippen molar-refractivity contribution in [3.8, 4) is 17.2 Å². The quantitative estimate of drug-likeness (QED) is 0.847. The second-order valence-corrected chi connectivity index (χ2v) is 5.81. The highest BCUT2D eigenvalue weighted by Gasteiger charge is 2.19. The first-order chi connectivity index (χ1) is 11.7. The molecule has 24 heavy (non-hydrogen) atoms. The normalized spacial score (nSPS) is 14.2. The molecular formula is C19H22N2O3. The summed E-state index contributed by atoms with van der Waals surface area (Å²) in [6.07, 6.45) is 4.69. The van der Waals surface area contributed by atoms with Gasteiger partial charge in [0.2, 0.25) is 0 Å². The lowest BCUT2D eigenvalue weighted by atomic mass is 10.2. The summed E-state index contributed by atoms with van der Waals surface area (Å²) in [5, 5.41) is 5.30. The summed E-state index contributed by atoms with van der Waals surface area (Å²) >= 11 is 0. The molecule has 0 heterocycles. The molecule has 0 spiro atoms. The summed E-state index contributed by atoms with van der Waals surface area (Å²) < 4.78 is 12.1. The Kier molecular flexibility index (Phi) is 5.21. The van der Waals surface area contributed by atoms with Crippen LogP contribution in [0.3, 0.4) is 0 Å². The summed E-state index contributed by atoms with van der Waals surface area (Å²) in [7, 11) is 1.58. The van der Waals surface area contributed by atoms with Crippen molar-refractivity contribution in [2.75, 3.05) is 12.4 Å². The van der Waals surface area contributed by atoms with E-state index < -0.39 is 0 Å². The highest BCUT2D eigenvalue weighted by molar-refractivity contribution is 5.89. The zero-order valence-corrected chi connectivity index (χ0v) is 13.7. The zero-order valence-electron chi connectivity index (χ0n) is 13.7. The highest BCUT2D eigenvalue weighted by atomic mass is 16.5. The molecule has 1 aliphatic rings. The first-order valence-electron chi connectivity index (χ1n) is 8.27. The van der Waals surface area contributed by atoms with Gasteiger partial charge in [-0.05, 0) is 49.9 Å². The molecule has 0 saturated heterocycles. The van der Waals surface area contributed by atoms with Gasteiger partial charge in [0.1, 0.15) is 5.75 Å². The summed E-state index contributed by atoms with van der Waals surface area (Å²) in [6, 6.07) is 14.8. The Balaban J connectivity index is 1.83. The van der Waals surface area contributed by atoms with Crippen LogP contribution in [0.4, 0.5) is 10.5 Å². The summed E-state index contributed by atoms with van der Waals surface area (Å²) in [6.45, 7) is 0. The molecule has 0 bridgehead atoms. The molecule has 0 atom stereocenters. The molecule has 1 aliphatic carbocycles. The van der Waals surface area contributed by atoms with E-state index in [2.05, 4.69) is 10.6 Å². The number of hydrogen-bond acceptors (Lipinski definition) is 3. The third-order valence-corrected chi connectivity index (χ3v) is 4.00. The fourth-order valence-corrected chi connectivity index (χ4v) is 2.76. The van der Waals surface area contributed by atoms with Crippen LogP contribution < -0.4 is 20.1 Å². The van der Waals surface area contributed by atoms with E-state index in [0.717, 1.165) is 18.6 Å². The van der Waals surface area contributed by atoms with Crippen LogP contribution in [0, 0.1) is 0 Å². The molecule has 3 rings (SSSR count). The highest BCUT2D eigenvalue weighted by Crippen LogP contribution is 2.36. The number of urea groups is 1. The lowest BCUT2D eigenvalue weighted by Gasteiger charge is -2.18. The van der Waals surface area contributed by atoms with Gasteiger partial charge in [0, 0.05) is 18.8 Å². The maximum Gasteiger partial charge on any atom is 0.318 e. The Labute approximate surface area is 142 Å². The van der Waals surface area contributed by atoms with E-state index in [1.54, 1.807) is 13.1 Å². The maximum atomic E-state index is 11.5. The number of benzene rings is 2. The topological polar surface area (TPSA) is 59.6 Å². The van der Waals surface area contributed by atoms with Crippen LogP contribution in [0.15, 0.2) is 48.5 Å². The summed E-state index contributed by atoms with van der Waals surface area (Å²) in [5.41, 5.74) is 0.669. The van der Waals surface area contributed by atoms with Gasteiger partial charge in [0.25, 0.3) is 0 Å². The number of anilines is 1. The largest absolute Gasteiger partial charge is 0.486 e. The Bertz CT molecular complexity index is 682. The van der Waals surface area contributed by atoms with E-state index in [9.17, 15) is 4.79 Å². The van der Waals surface area contributed by atoms with E-state index in [1.165, 1.54) is 12.8 Å². The minimum absolute atomic E-state index is 0.207. The fraction of sp³-hybridized carbons (Fsp3) is 0.316. The van der Waals surface area contributed by atoms with Crippen LogP contribution in [-0.2, 0) is 0 Å². The van der Waals surface area contributed by atoms with Crippen LogP contribution in [0.2, 0.25) is 0 Å². The monoisotopic (exact) mass is 326 g/mol. The van der Waals surface area contributed by atoms with Gasteiger partial charge in [-0.25, -0.2) is 4.79 Å². The second-order valence-electron chi connectivity index (χ2n) is 5.81. The standard InChI is InChI=1S/C19H22N2O3/c1-20-19(22)21-14-11-12-17(23-15-7-3-2-4-8-15)18(13-14)24-16-9-5-6-10-16/h2-4,7-8,11-13,16H,5-6,9-10H2,1H3,(H2,20,21,22). The first kappa shape index (κ1) is 16.2. The van der Waals surface area contributed by atoms with Gasteiger partial charge >= 0.3 is 6.03 Å². The van der Waals surface area contributed by atoms with Gasteiger partial charge in [-0.3, -0.25) is 0 Å². The number of ether oxygens (including phenoxy) is 2. The average Bonchev–Trinajstić information content (AvgIpc) is 3.11. The predicted molar refractivity (Wildman–Crippen MR) is 93.9 cm³/mol. The van der Waals surface area contributed by atoms with Crippen LogP contribution in [0.5, 0.6) is 17.2 Å². The molecule has 126 valence electrons. The lowest BCUT2D eigenvalue weighted by Crippen LogP contribution is -2.24. The van der Waals surface area contributed by atoms with Gasteiger partial charge in [0.05, 0.1) is 6.10 Å². The molecule has 0 unspecified atom stereocenters. The van der Waals surface area contributed by atoms with E-state index in [1.807, 2.05) is 42.5 Å². The van der Waals surface area contributed by atoms with Crippen LogP contribution in [0.25, 0.3) is 0 Å². The molecule has 1 fully saturated rings. The van der Waals surface area contributed by atoms with Crippen molar-refractivity contribution >= 4 is 11.7 Å². The number of para-hydroxylation sites is 1. The van der Waals surface area contributed by atoms with Crippen LogP contribution in [0.1, 0.15) is 25.7 Å². The molecule has 2 aromatic rings. The molecule has 0 aliphatic heterocycles. The van der Waals surface area contributed by atoms with Crippen molar-refractivity contribution < 1.29 is 14.3 Å². The molecule has 0 radical (unpaired) electrons.